The summed E-state index contributed by atoms with van der Waals surface area (Å²) >= 11 is 13.1. The van der Waals surface area contributed by atoms with E-state index >= 15 is 0 Å². The van der Waals surface area contributed by atoms with E-state index < -0.39 is 5.25 Å². The van der Waals surface area contributed by atoms with Gasteiger partial charge in [-0.15, -0.1) is 10.2 Å². The molecule has 0 radical (unpaired) electrons. The molecule has 2 heterocycles. The molecular formula is C13H15Cl2N5O2S. The number of carbonyl (C=O) groups excluding carboxylic acids is 1. The lowest BCUT2D eigenvalue weighted by Gasteiger charge is -2.12. The van der Waals surface area contributed by atoms with Crippen LogP contribution in [0.1, 0.15) is 6.92 Å². The molecule has 7 nitrogen and oxygen atoms in total. The van der Waals surface area contributed by atoms with Gasteiger partial charge in [0.2, 0.25) is 5.91 Å². The van der Waals surface area contributed by atoms with Crippen LogP contribution in [-0.4, -0.2) is 44.6 Å². The highest BCUT2D eigenvalue weighted by atomic mass is 35.5. The fourth-order valence-corrected chi connectivity index (χ4v) is 2.89. The van der Waals surface area contributed by atoms with Crippen molar-refractivity contribution in [2.75, 3.05) is 19.0 Å². The number of carbonyl (C=O) groups is 1. The van der Waals surface area contributed by atoms with E-state index in [1.54, 1.807) is 20.4 Å². The topological polar surface area (TPSA) is 81.9 Å². The lowest BCUT2D eigenvalue weighted by atomic mass is 10.4. The summed E-state index contributed by atoms with van der Waals surface area (Å²) in [5, 5.41) is 11.4. The minimum absolute atomic E-state index is 0.243. The molecule has 0 aliphatic carbocycles. The van der Waals surface area contributed by atoms with Gasteiger partial charge in [-0.1, -0.05) is 35.0 Å². The maximum absolute atomic E-state index is 12.3. The van der Waals surface area contributed by atoms with Crippen LogP contribution in [-0.2, 0) is 16.1 Å². The van der Waals surface area contributed by atoms with Crippen molar-refractivity contribution >= 4 is 46.7 Å². The van der Waals surface area contributed by atoms with E-state index in [0.717, 1.165) is 0 Å². The van der Waals surface area contributed by atoms with Crippen molar-refractivity contribution in [1.82, 2.24) is 19.7 Å². The third-order valence-corrected chi connectivity index (χ3v) is 4.41. The first-order chi connectivity index (χ1) is 11.0. The van der Waals surface area contributed by atoms with Gasteiger partial charge in [-0.05, 0) is 13.0 Å². The third kappa shape index (κ3) is 5.07. The second kappa shape index (κ2) is 8.49. The second-order valence-electron chi connectivity index (χ2n) is 4.53. The van der Waals surface area contributed by atoms with Crippen LogP contribution in [0.3, 0.4) is 0 Å². The molecule has 2 aromatic rings. The summed E-state index contributed by atoms with van der Waals surface area (Å²) in [6.45, 7) is 2.92. The summed E-state index contributed by atoms with van der Waals surface area (Å²) in [7, 11) is 1.62. The van der Waals surface area contributed by atoms with Crippen LogP contribution >= 0.6 is 35.0 Å². The highest BCUT2D eigenvalue weighted by Crippen LogP contribution is 2.25. The van der Waals surface area contributed by atoms with E-state index in [0.29, 0.717) is 23.3 Å². The Kier molecular flexibility index (Phi) is 6.64. The molecule has 1 amide bonds. The number of nitrogens with one attached hydrogen (secondary N) is 1. The second-order valence-corrected chi connectivity index (χ2v) is 6.68. The molecule has 1 atom stereocenters. The van der Waals surface area contributed by atoms with Crippen LogP contribution < -0.4 is 5.32 Å². The van der Waals surface area contributed by atoms with E-state index in [1.165, 1.54) is 24.0 Å². The molecule has 10 heteroatoms. The summed E-state index contributed by atoms with van der Waals surface area (Å²) in [6, 6.07) is 1.52. The first-order valence-corrected chi connectivity index (χ1v) is 8.30. The monoisotopic (exact) mass is 375 g/mol. The van der Waals surface area contributed by atoms with Gasteiger partial charge < -0.3 is 14.6 Å². The Morgan fingerprint density at radius 1 is 1.52 bits per heavy atom. The molecular weight excluding hydrogens is 361 g/mol. The lowest BCUT2D eigenvalue weighted by Crippen LogP contribution is -2.23. The predicted molar refractivity (Wildman–Crippen MR) is 90.1 cm³/mol. The van der Waals surface area contributed by atoms with Crippen LogP contribution in [0, 0.1) is 0 Å². The highest BCUT2D eigenvalue weighted by molar-refractivity contribution is 8.00. The Hall–Kier alpha value is -1.35. The first-order valence-electron chi connectivity index (χ1n) is 6.66. The number of rotatable bonds is 7. The Morgan fingerprint density at radius 3 is 3.00 bits per heavy atom. The van der Waals surface area contributed by atoms with Gasteiger partial charge in [-0.25, -0.2) is 4.98 Å². The Morgan fingerprint density at radius 2 is 2.30 bits per heavy atom. The molecule has 2 rings (SSSR count). The summed E-state index contributed by atoms with van der Waals surface area (Å²) in [6.07, 6.45) is 3.02. The van der Waals surface area contributed by atoms with Crippen molar-refractivity contribution in [2.24, 2.45) is 0 Å². The smallest absolute Gasteiger partial charge is 0.238 e. The number of ether oxygens (including phenoxy) is 1. The zero-order valence-electron chi connectivity index (χ0n) is 12.5. The Bertz CT molecular complexity index is 682. The SMILES string of the molecule is COCCn1cnnc1SC(C)C(=O)Nc1ncc(Cl)cc1Cl. The third-order valence-electron chi connectivity index (χ3n) is 2.82. The van der Waals surface area contributed by atoms with Gasteiger partial charge in [0.05, 0.1) is 21.9 Å². The van der Waals surface area contributed by atoms with Gasteiger partial charge in [-0.2, -0.15) is 0 Å². The largest absolute Gasteiger partial charge is 0.383 e. The molecule has 2 aromatic heterocycles. The van der Waals surface area contributed by atoms with Gasteiger partial charge in [0.25, 0.3) is 0 Å². The van der Waals surface area contributed by atoms with Crippen LogP contribution in [0.5, 0.6) is 0 Å². The van der Waals surface area contributed by atoms with Crippen molar-refractivity contribution < 1.29 is 9.53 Å². The fraction of sp³-hybridized carbons (Fsp3) is 0.385. The summed E-state index contributed by atoms with van der Waals surface area (Å²) in [4.78, 5) is 16.3. The van der Waals surface area contributed by atoms with Gasteiger partial charge in [0.1, 0.15) is 6.33 Å². The van der Waals surface area contributed by atoms with E-state index in [2.05, 4.69) is 20.5 Å². The average molecular weight is 376 g/mol. The number of halogens is 2. The van der Waals surface area contributed by atoms with Gasteiger partial charge in [-0.3, -0.25) is 4.79 Å². The predicted octanol–water partition coefficient (Wildman–Crippen LogP) is 2.75. The van der Waals surface area contributed by atoms with Gasteiger partial charge >= 0.3 is 0 Å². The van der Waals surface area contributed by atoms with Crippen LogP contribution in [0.15, 0.2) is 23.7 Å². The molecule has 0 saturated heterocycles. The van der Waals surface area contributed by atoms with Crippen LogP contribution in [0.4, 0.5) is 5.82 Å². The van der Waals surface area contributed by atoms with Crippen molar-refractivity contribution in [2.45, 2.75) is 23.9 Å². The van der Waals surface area contributed by atoms with E-state index in [4.69, 9.17) is 27.9 Å². The van der Waals surface area contributed by atoms with E-state index in [1.807, 2.05) is 4.57 Å². The normalized spacial score (nSPS) is 12.2. The summed E-state index contributed by atoms with van der Waals surface area (Å²) in [5.74, 6) is 0.0300. The number of hydrogen-bond acceptors (Lipinski definition) is 6. The van der Waals surface area contributed by atoms with Gasteiger partial charge in [0, 0.05) is 19.9 Å². The minimum Gasteiger partial charge on any atom is -0.383 e. The lowest BCUT2D eigenvalue weighted by molar-refractivity contribution is -0.115. The van der Waals surface area contributed by atoms with Crippen molar-refractivity contribution in [3.8, 4) is 0 Å². The van der Waals surface area contributed by atoms with Gasteiger partial charge in [0.15, 0.2) is 11.0 Å². The molecule has 0 saturated carbocycles. The fourth-order valence-electron chi connectivity index (χ4n) is 1.62. The van der Waals surface area contributed by atoms with Crippen molar-refractivity contribution in [1.29, 1.82) is 0 Å². The quantitative estimate of drug-likeness (QED) is 0.749. The molecule has 0 spiro atoms. The number of thioether (sulfide) groups is 1. The number of hydrogen-bond donors (Lipinski definition) is 1. The molecule has 0 bridgehead atoms. The molecule has 124 valence electrons. The molecule has 0 aromatic carbocycles. The molecule has 1 unspecified atom stereocenters. The highest BCUT2D eigenvalue weighted by Gasteiger charge is 2.19. The van der Waals surface area contributed by atoms with E-state index in [9.17, 15) is 4.79 Å². The van der Waals surface area contributed by atoms with Crippen LogP contribution in [0.2, 0.25) is 10.0 Å². The first kappa shape index (κ1) is 18.0. The number of nitrogens with zero attached hydrogens (tertiary/aromatic N) is 4. The minimum atomic E-state index is -0.408. The maximum atomic E-state index is 12.3. The summed E-state index contributed by atoms with van der Waals surface area (Å²) in [5.41, 5.74) is 0. The molecule has 23 heavy (non-hydrogen) atoms. The van der Waals surface area contributed by atoms with Crippen molar-refractivity contribution in [3.63, 3.8) is 0 Å². The molecule has 1 N–H and O–H groups in total. The number of pyridine rings is 1. The molecule has 0 aliphatic heterocycles. The number of aromatic nitrogens is 4. The number of amides is 1. The summed E-state index contributed by atoms with van der Waals surface area (Å²) < 4.78 is 6.85. The van der Waals surface area contributed by atoms with Crippen LogP contribution in [0.25, 0.3) is 0 Å². The van der Waals surface area contributed by atoms with E-state index in [-0.39, 0.29) is 16.7 Å². The molecule has 0 fully saturated rings. The zero-order valence-corrected chi connectivity index (χ0v) is 14.8. The average Bonchev–Trinajstić information content (AvgIpc) is 2.95. The Balaban J connectivity index is 1.98. The standard InChI is InChI=1S/C13H15Cl2N5O2S/c1-8(23-13-19-17-7-20(13)3-4-22-2)12(21)18-11-10(15)5-9(14)6-16-11/h5-8H,3-4H2,1-2H3,(H,16,18,21). The number of anilines is 1. The Labute approximate surface area is 147 Å². The maximum Gasteiger partial charge on any atom is 0.238 e. The van der Waals surface area contributed by atoms with Crippen molar-refractivity contribution in [3.05, 3.63) is 28.6 Å². The molecule has 0 aliphatic rings. The zero-order chi connectivity index (χ0) is 16.8. The number of methoxy groups -OCH3 is 1.